The SMILES string of the molecule is CC(C)(C)NCCNCCNCCNCCNCCNCCN. The van der Waals surface area contributed by atoms with E-state index >= 15 is 0 Å². The number of nitrogens with one attached hydrogen (secondary N) is 6. The minimum atomic E-state index is 0.210. The number of hydrogen-bond acceptors (Lipinski definition) is 7. The van der Waals surface area contributed by atoms with Crippen molar-refractivity contribution in [1.82, 2.24) is 31.9 Å². The maximum Gasteiger partial charge on any atom is 0.00970 e. The van der Waals surface area contributed by atoms with E-state index in [1.54, 1.807) is 0 Å². The largest absolute Gasteiger partial charge is 0.329 e. The van der Waals surface area contributed by atoms with Crippen molar-refractivity contribution in [1.29, 1.82) is 0 Å². The molecule has 0 aromatic rings. The molecular weight excluding hydrogens is 290 g/mol. The average molecular weight is 332 g/mol. The van der Waals surface area contributed by atoms with Crippen LogP contribution in [0.15, 0.2) is 0 Å². The molecule has 0 aliphatic heterocycles. The highest BCUT2D eigenvalue weighted by Gasteiger charge is 2.06. The molecular formula is C16H41N7. The van der Waals surface area contributed by atoms with Gasteiger partial charge in [0.15, 0.2) is 0 Å². The molecule has 0 aromatic carbocycles. The van der Waals surface area contributed by atoms with Crippen LogP contribution in [0.5, 0.6) is 0 Å². The Morgan fingerprint density at radius 1 is 0.522 bits per heavy atom. The highest BCUT2D eigenvalue weighted by atomic mass is 15.0. The molecule has 0 atom stereocenters. The average Bonchev–Trinajstić information content (AvgIpc) is 2.49. The second-order valence-electron chi connectivity index (χ2n) is 6.72. The molecule has 0 heterocycles. The summed E-state index contributed by atoms with van der Waals surface area (Å²) in [4.78, 5) is 0. The van der Waals surface area contributed by atoms with Crippen molar-refractivity contribution in [3.05, 3.63) is 0 Å². The Bertz CT molecular complexity index is 231. The predicted molar refractivity (Wildman–Crippen MR) is 101 cm³/mol. The molecule has 0 aromatic heterocycles. The Morgan fingerprint density at radius 2 is 0.826 bits per heavy atom. The summed E-state index contributed by atoms with van der Waals surface area (Å²) in [7, 11) is 0. The third kappa shape index (κ3) is 21.7. The predicted octanol–water partition coefficient (Wildman–Crippen LogP) is -1.72. The molecule has 0 radical (unpaired) electrons. The van der Waals surface area contributed by atoms with Crippen molar-refractivity contribution in [2.45, 2.75) is 26.3 Å². The van der Waals surface area contributed by atoms with E-state index in [4.69, 9.17) is 5.73 Å². The van der Waals surface area contributed by atoms with Gasteiger partial charge in [-0.2, -0.15) is 0 Å². The van der Waals surface area contributed by atoms with Crippen molar-refractivity contribution < 1.29 is 0 Å². The van der Waals surface area contributed by atoms with Gasteiger partial charge in [-0.05, 0) is 20.8 Å². The van der Waals surface area contributed by atoms with Crippen LogP contribution < -0.4 is 37.6 Å². The lowest BCUT2D eigenvalue weighted by atomic mass is 10.1. The van der Waals surface area contributed by atoms with E-state index < -0.39 is 0 Å². The first kappa shape index (κ1) is 22.7. The Hall–Kier alpha value is -0.280. The standard InChI is InChI=1S/C16H41N7/c1-16(2,3)23-15-14-22-13-12-21-11-10-20-9-8-19-7-6-18-5-4-17/h18-23H,4-15,17H2,1-3H3. The zero-order chi connectivity index (χ0) is 17.2. The summed E-state index contributed by atoms with van der Waals surface area (Å²) in [5.41, 5.74) is 5.61. The Morgan fingerprint density at radius 3 is 1.13 bits per heavy atom. The zero-order valence-electron chi connectivity index (χ0n) is 15.6. The van der Waals surface area contributed by atoms with Gasteiger partial charge in [0, 0.05) is 84.1 Å². The van der Waals surface area contributed by atoms with Crippen LogP contribution in [0.25, 0.3) is 0 Å². The molecule has 7 nitrogen and oxygen atoms in total. The molecule has 0 fully saturated rings. The Labute approximate surface area is 143 Å². The molecule has 0 spiro atoms. The monoisotopic (exact) mass is 331 g/mol. The van der Waals surface area contributed by atoms with Crippen molar-refractivity contribution in [2.75, 3.05) is 78.5 Å². The summed E-state index contributed by atoms with van der Waals surface area (Å²) in [5, 5.41) is 20.4. The van der Waals surface area contributed by atoms with Crippen LogP contribution in [-0.4, -0.2) is 84.1 Å². The topological polar surface area (TPSA) is 98.2 Å². The van der Waals surface area contributed by atoms with Gasteiger partial charge in [0.2, 0.25) is 0 Å². The summed E-state index contributed by atoms with van der Waals surface area (Å²) in [6.45, 7) is 18.3. The van der Waals surface area contributed by atoms with Gasteiger partial charge in [-0.3, -0.25) is 0 Å². The summed E-state index contributed by atoms with van der Waals surface area (Å²) >= 11 is 0. The van der Waals surface area contributed by atoms with Crippen molar-refractivity contribution >= 4 is 0 Å². The highest BCUT2D eigenvalue weighted by Crippen LogP contribution is 1.95. The van der Waals surface area contributed by atoms with Gasteiger partial charge in [0.05, 0.1) is 0 Å². The molecule has 0 bridgehead atoms. The molecule has 140 valence electrons. The van der Waals surface area contributed by atoms with Crippen LogP contribution in [-0.2, 0) is 0 Å². The molecule has 23 heavy (non-hydrogen) atoms. The van der Waals surface area contributed by atoms with E-state index in [1.165, 1.54) is 0 Å². The molecule has 0 amide bonds. The first-order chi connectivity index (χ1) is 11.1. The Balaban J connectivity index is 3.00. The normalized spacial score (nSPS) is 12.0. The van der Waals surface area contributed by atoms with E-state index in [1.807, 2.05) is 0 Å². The van der Waals surface area contributed by atoms with Crippen LogP contribution in [0.1, 0.15) is 20.8 Å². The third-order valence-electron chi connectivity index (χ3n) is 3.19. The first-order valence-corrected chi connectivity index (χ1v) is 9.05. The van der Waals surface area contributed by atoms with E-state index in [0.717, 1.165) is 72.0 Å². The number of hydrogen-bond donors (Lipinski definition) is 7. The zero-order valence-corrected chi connectivity index (χ0v) is 15.6. The van der Waals surface area contributed by atoms with E-state index in [2.05, 4.69) is 52.7 Å². The fraction of sp³-hybridized carbons (Fsp3) is 1.00. The summed E-state index contributed by atoms with van der Waals surface area (Å²) < 4.78 is 0. The minimum Gasteiger partial charge on any atom is -0.329 e. The quantitative estimate of drug-likeness (QED) is 0.159. The van der Waals surface area contributed by atoms with Gasteiger partial charge >= 0.3 is 0 Å². The van der Waals surface area contributed by atoms with E-state index in [9.17, 15) is 0 Å². The lowest BCUT2D eigenvalue weighted by molar-refractivity contribution is 0.421. The fourth-order valence-corrected chi connectivity index (χ4v) is 1.96. The number of rotatable bonds is 17. The molecule has 7 heteroatoms. The van der Waals surface area contributed by atoms with Gasteiger partial charge in [-0.1, -0.05) is 0 Å². The van der Waals surface area contributed by atoms with Crippen molar-refractivity contribution in [3.63, 3.8) is 0 Å². The van der Waals surface area contributed by atoms with E-state index in [0.29, 0.717) is 6.54 Å². The summed E-state index contributed by atoms with van der Waals surface area (Å²) in [6, 6.07) is 0. The third-order valence-corrected chi connectivity index (χ3v) is 3.19. The fourth-order valence-electron chi connectivity index (χ4n) is 1.96. The van der Waals surface area contributed by atoms with Gasteiger partial charge in [-0.25, -0.2) is 0 Å². The van der Waals surface area contributed by atoms with Gasteiger partial charge in [-0.15, -0.1) is 0 Å². The van der Waals surface area contributed by atoms with Crippen molar-refractivity contribution in [2.24, 2.45) is 5.73 Å². The summed E-state index contributed by atoms with van der Waals surface area (Å²) in [5.74, 6) is 0. The highest BCUT2D eigenvalue weighted by molar-refractivity contribution is 4.70. The molecule has 0 aliphatic rings. The van der Waals surface area contributed by atoms with Crippen LogP contribution in [0.2, 0.25) is 0 Å². The first-order valence-electron chi connectivity index (χ1n) is 9.05. The molecule has 0 rings (SSSR count). The lowest BCUT2D eigenvalue weighted by Crippen LogP contribution is -2.41. The minimum absolute atomic E-state index is 0.210. The molecule has 0 unspecified atom stereocenters. The molecule has 8 N–H and O–H groups in total. The second-order valence-corrected chi connectivity index (χ2v) is 6.72. The molecule has 0 saturated carbocycles. The second kappa shape index (κ2) is 16.6. The molecule has 0 saturated heterocycles. The maximum atomic E-state index is 5.40. The lowest BCUT2D eigenvalue weighted by Gasteiger charge is -2.20. The summed E-state index contributed by atoms with van der Waals surface area (Å²) in [6.07, 6.45) is 0. The van der Waals surface area contributed by atoms with Crippen molar-refractivity contribution in [3.8, 4) is 0 Å². The van der Waals surface area contributed by atoms with E-state index in [-0.39, 0.29) is 5.54 Å². The smallest absolute Gasteiger partial charge is 0.00970 e. The van der Waals surface area contributed by atoms with Crippen LogP contribution >= 0.6 is 0 Å². The van der Waals surface area contributed by atoms with Crippen LogP contribution in [0.3, 0.4) is 0 Å². The van der Waals surface area contributed by atoms with Crippen LogP contribution in [0.4, 0.5) is 0 Å². The van der Waals surface area contributed by atoms with Gasteiger partial charge in [0.25, 0.3) is 0 Å². The number of nitrogens with two attached hydrogens (primary N) is 1. The Kier molecular flexibility index (Phi) is 16.4. The van der Waals surface area contributed by atoms with Gasteiger partial charge < -0.3 is 37.6 Å². The van der Waals surface area contributed by atoms with Crippen LogP contribution in [0, 0.1) is 0 Å². The molecule has 0 aliphatic carbocycles. The van der Waals surface area contributed by atoms with Gasteiger partial charge in [0.1, 0.15) is 0 Å². The maximum absolute atomic E-state index is 5.40.